The van der Waals surface area contributed by atoms with Crippen molar-refractivity contribution in [3.8, 4) is 0 Å². The molecule has 2 aromatic carbocycles. The first-order chi connectivity index (χ1) is 10.1. The van der Waals surface area contributed by atoms with Gasteiger partial charge in [-0.05, 0) is 72.9 Å². The molecule has 0 radical (unpaired) electrons. The quantitative estimate of drug-likeness (QED) is 0.779. The van der Waals surface area contributed by atoms with Crippen LogP contribution in [0.1, 0.15) is 17.5 Å². The molecule has 1 aliphatic carbocycles. The average Bonchev–Trinajstić information content (AvgIpc) is 2.90. The molecule has 3 rings (SSSR count). The fourth-order valence-corrected chi connectivity index (χ4v) is 2.93. The number of fused-ring (bicyclic) bond motifs is 1. The van der Waals surface area contributed by atoms with Crippen molar-refractivity contribution in [2.24, 2.45) is 0 Å². The zero-order valence-electron chi connectivity index (χ0n) is 11.2. The molecule has 0 unspecified atom stereocenters. The Bertz CT molecular complexity index is 703. The molecule has 0 amide bonds. The van der Waals surface area contributed by atoms with Crippen molar-refractivity contribution in [3.05, 3.63) is 58.4 Å². The maximum atomic E-state index is 13.1. The zero-order valence-corrected chi connectivity index (χ0v) is 12.8. The van der Waals surface area contributed by atoms with Crippen molar-refractivity contribution in [2.45, 2.75) is 19.3 Å². The van der Waals surface area contributed by atoms with Gasteiger partial charge in [-0.1, -0.05) is 17.7 Å². The van der Waals surface area contributed by atoms with Gasteiger partial charge in [-0.3, -0.25) is 0 Å². The number of benzene rings is 2. The van der Waals surface area contributed by atoms with Gasteiger partial charge in [0.2, 0.25) is 0 Å². The maximum Gasteiger partial charge on any atom is 0.175 e. The van der Waals surface area contributed by atoms with E-state index in [1.54, 1.807) is 6.07 Å². The van der Waals surface area contributed by atoms with Crippen molar-refractivity contribution < 1.29 is 4.39 Å². The van der Waals surface area contributed by atoms with E-state index < -0.39 is 5.82 Å². The van der Waals surface area contributed by atoms with E-state index in [4.69, 9.17) is 23.8 Å². The van der Waals surface area contributed by atoms with Crippen LogP contribution in [0.15, 0.2) is 36.4 Å². The number of thiocarbonyl (C=S) groups is 1. The van der Waals surface area contributed by atoms with Gasteiger partial charge in [-0.15, -0.1) is 0 Å². The molecule has 0 spiro atoms. The molecule has 0 aromatic heterocycles. The second-order valence-corrected chi connectivity index (χ2v) is 5.86. The average molecular weight is 321 g/mol. The first-order valence-electron chi connectivity index (χ1n) is 6.77. The van der Waals surface area contributed by atoms with E-state index in [0.29, 0.717) is 10.8 Å². The van der Waals surface area contributed by atoms with Crippen LogP contribution in [0, 0.1) is 5.82 Å². The lowest BCUT2D eigenvalue weighted by atomic mass is 10.1. The molecule has 0 bridgehead atoms. The highest BCUT2D eigenvalue weighted by atomic mass is 35.5. The van der Waals surface area contributed by atoms with Gasteiger partial charge in [0.15, 0.2) is 5.11 Å². The maximum absolute atomic E-state index is 13.1. The van der Waals surface area contributed by atoms with Gasteiger partial charge in [0.05, 0.1) is 5.02 Å². The van der Waals surface area contributed by atoms with E-state index in [0.717, 1.165) is 18.5 Å². The van der Waals surface area contributed by atoms with Crippen LogP contribution in [-0.2, 0) is 12.8 Å². The molecule has 0 heterocycles. The minimum Gasteiger partial charge on any atom is -0.332 e. The molecule has 2 N–H and O–H groups in total. The number of halogens is 2. The summed E-state index contributed by atoms with van der Waals surface area (Å²) in [5.41, 5.74) is 4.42. The minimum absolute atomic E-state index is 0.0698. The highest BCUT2D eigenvalue weighted by molar-refractivity contribution is 7.80. The van der Waals surface area contributed by atoms with Crippen molar-refractivity contribution in [1.82, 2.24) is 0 Å². The lowest BCUT2D eigenvalue weighted by Crippen LogP contribution is -2.19. The Morgan fingerprint density at radius 1 is 1.00 bits per heavy atom. The third-order valence-corrected chi connectivity index (χ3v) is 4.03. The largest absolute Gasteiger partial charge is 0.332 e. The molecular formula is C16H14ClFN2S. The fraction of sp³-hybridized carbons (Fsp3) is 0.188. The van der Waals surface area contributed by atoms with Crippen LogP contribution < -0.4 is 10.6 Å². The Hall–Kier alpha value is -1.65. The third kappa shape index (κ3) is 3.34. The van der Waals surface area contributed by atoms with E-state index in [-0.39, 0.29) is 5.02 Å². The standard InChI is InChI=1S/C16H14ClFN2S/c17-14-9-13(6-7-15(14)18)20-16(21)19-12-5-4-10-2-1-3-11(10)8-12/h4-9H,1-3H2,(H2,19,20,21). The van der Waals surface area contributed by atoms with Crippen LogP contribution in [-0.4, -0.2) is 5.11 Å². The first-order valence-corrected chi connectivity index (χ1v) is 7.55. The van der Waals surface area contributed by atoms with Gasteiger partial charge in [0.1, 0.15) is 5.82 Å². The second-order valence-electron chi connectivity index (χ2n) is 5.05. The topological polar surface area (TPSA) is 24.1 Å². The monoisotopic (exact) mass is 320 g/mol. The van der Waals surface area contributed by atoms with Crippen molar-refractivity contribution in [2.75, 3.05) is 10.6 Å². The third-order valence-electron chi connectivity index (χ3n) is 3.53. The number of hydrogen-bond acceptors (Lipinski definition) is 1. The molecule has 0 saturated carbocycles. The molecule has 1 aliphatic rings. The summed E-state index contributed by atoms with van der Waals surface area (Å²) in [6.45, 7) is 0. The van der Waals surface area contributed by atoms with Crippen LogP contribution in [0.2, 0.25) is 5.02 Å². The number of anilines is 2. The van der Waals surface area contributed by atoms with Crippen molar-refractivity contribution in [1.29, 1.82) is 0 Å². The molecular weight excluding hydrogens is 307 g/mol. The van der Waals surface area contributed by atoms with Crippen LogP contribution in [0.4, 0.5) is 15.8 Å². The van der Waals surface area contributed by atoms with E-state index in [1.807, 2.05) is 6.07 Å². The molecule has 0 saturated heterocycles. The van der Waals surface area contributed by atoms with E-state index >= 15 is 0 Å². The smallest absolute Gasteiger partial charge is 0.175 e. The van der Waals surface area contributed by atoms with Crippen LogP contribution in [0.5, 0.6) is 0 Å². The SMILES string of the molecule is Fc1ccc(NC(=S)Nc2ccc3c(c2)CCC3)cc1Cl. The predicted octanol–water partition coefficient (Wildman–Crippen LogP) is 4.78. The summed E-state index contributed by atoms with van der Waals surface area (Å²) in [4.78, 5) is 0. The van der Waals surface area contributed by atoms with E-state index in [2.05, 4.69) is 22.8 Å². The van der Waals surface area contributed by atoms with E-state index in [1.165, 1.54) is 29.7 Å². The van der Waals surface area contributed by atoms with Crippen LogP contribution >= 0.6 is 23.8 Å². The van der Waals surface area contributed by atoms with Gasteiger partial charge in [0.25, 0.3) is 0 Å². The normalized spacial score (nSPS) is 12.9. The summed E-state index contributed by atoms with van der Waals surface area (Å²) in [5.74, 6) is -0.445. The molecule has 0 aliphatic heterocycles. The van der Waals surface area contributed by atoms with Gasteiger partial charge < -0.3 is 10.6 Å². The lowest BCUT2D eigenvalue weighted by Gasteiger charge is -2.12. The molecule has 2 nitrogen and oxygen atoms in total. The Morgan fingerprint density at radius 3 is 2.43 bits per heavy atom. The summed E-state index contributed by atoms with van der Waals surface area (Å²) in [5, 5.41) is 6.66. The summed E-state index contributed by atoms with van der Waals surface area (Å²) in [7, 11) is 0. The van der Waals surface area contributed by atoms with Crippen LogP contribution in [0.3, 0.4) is 0 Å². The first kappa shape index (κ1) is 14.3. The van der Waals surface area contributed by atoms with Crippen LogP contribution in [0.25, 0.3) is 0 Å². The van der Waals surface area contributed by atoms with Gasteiger partial charge in [-0.25, -0.2) is 4.39 Å². The fourth-order valence-electron chi connectivity index (χ4n) is 2.52. The number of aryl methyl sites for hydroxylation is 2. The highest BCUT2D eigenvalue weighted by Gasteiger charge is 2.11. The predicted molar refractivity (Wildman–Crippen MR) is 89.7 cm³/mol. The molecule has 0 atom stereocenters. The number of nitrogens with one attached hydrogen (secondary N) is 2. The van der Waals surface area contributed by atoms with E-state index in [9.17, 15) is 4.39 Å². The van der Waals surface area contributed by atoms with Gasteiger partial charge in [0, 0.05) is 11.4 Å². The Kier molecular flexibility index (Phi) is 4.08. The molecule has 2 aromatic rings. The lowest BCUT2D eigenvalue weighted by molar-refractivity contribution is 0.628. The number of hydrogen-bond donors (Lipinski definition) is 2. The summed E-state index contributed by atoms with van der Waals surface area (Å²) < 4.78 is 13.1. The molecule has 108 valence electrons. The van der Waals surface area contributed by atoms with Gasteiger partial charge >= 0.3 is 0 Å². The summed E-state index contributed by atoms with van der Waals surface area (Å²) in [6, 6.07) is 10.7. The number of rotatable bonds is 2. The van der Waals surface area contributed by atoms with Crippen molar-refractivity contribution >= 4 is 40.3 Å². The minimum atomic E-state index is -0.445. The zero-order chi connectivity index (χ0) is 14.8. The highest BCUT2D eigenvalue weighted by Crippen LogP contribution is 2.25. The Morgan fingerprint density at radius 2 is 1.67 bits per heavy atom. The molecule has 5 heteroatoms. The second kappa shape index (κ2) is 6.00. The van der Waals surface area contributed by atoms with Gasteiger partial charge in [-0.2, -0.15) is 0 Å². The molecule has 21 heavy (non-hydrogen) atoms. The molecule has 0 fully saturated rings. The summed E-state index contributed by atoms with van der Waals surface area (Å²) in [6.07, 6.45) is 3.50. The van der Waals surface area contributed by atoms with Crippen molar-refractivity contribution in [3.63, 3.8) is 0 Å². The summed E-state index contributed by atoms with van der Waals surface area (Å²) >= 11 is 11.0. The Balaban J connectivity index is 1.67. The Labute approximate surface area is 133 Å².